The first-order valence-corrected chi connectivity index (χ1v) is 9.14. The van der Waals surface area contributed by atoms with Crippen LogP contribution in [0.4, 0.5) is 0 Å². The van der Waals surface area contributed by atoms with Crippen LogP contribution >= 0.6 is 0 Å². The van der Waals surface area contributed by atoms with Gasteiger partial charge in [-0.25, -0.2) is 0 Å². The molecular formula is C21H20N2O6. The topological polar surface area (TPSA) is 98.9 Å². The molecule has 1 aliphatic heterocycles. The molecule has 0 saturated carbocycles. The van der Waals surface area contributed by atoms with Crippen molar-refractivity contribution in [1.29, 1.82) is 0 Å². The predicted octanol–water partition coefficient (Wildman–Crippen LogP) is 2.59. The molecule has 0 atom stereocenters. The molecule has 4 rings (SSSR count). The van der Waals surface area contributed by atoms with Crippen LogP contribution in [0.1, 0.15) is 22.8 Å². The van der Waals surface area contributed by atoms with Crippen LogP contribution in [-0.4, -0.2) is 31.4 Å². The second kappa shape index (κ2) is 7.75. The number of aromatic amines is 1. The van der Waals surface area contributed by atoms with Gasteiger partial charge in [-0.05, 0) is 42.8 Å². The molecule has 1 aromatic heterocycles. The average Bonchev–Trinajstić information content (AvgIpc) is 3.20. The minimum atomic E-state index is -0.505. The van der Waals surface area contributed by atoms with Gasteiger partial charge >= 0.3 is 0 Å². The highest BCUT2D eigenvalue weighted by Gasteiger charge is 2.17. The third-order valence-corrected chi connectivity index (χ3v) is 4.58. The molecule has 0 fully saturated rings. The summed E-state index contributed by atoms with van der Waals surface area (Å²) in [4.78, 5) is 27.9. The fraction of sp³-hybridized carbons (Fsp3) is 0.238. The number of ether oxygens (including phenoxy) is 4. The lowest BCUT2D eigenvalue weighted by molar-refractivity contribution is 0.0949. The van der Waals surface area contributed by atoms with Crippen molar-refractivity contribution in [2.75, 3.05) is 20.5 Å². The molecule has 8 nitrogen and oxygen atoms in total. The third kappa shape index (κ3) is 3.56. The summed E-state index contributed by atoms with van der Waals surface area (Å²) in [5, 5.41) is 3.43. The summed E-state index contributed by atoms with van der Waals surface area (Å²) >= 11 is 0. The Labute approximate surface area is 166 Å². The van der Waals surface area contributed by atoms with Crippen LogP contribution in [0.3, 0.4) is 0 Å². The van der Waals surface area contributed by atoms with Crippen molar-refractivity contribution >= 4 is 16.8 Å². The number of nitrogens with one attached hydrogen (secondary N) is 2. The molecule has 150 valence electrons. The highest BCUT2D eigenvalue weighted by Crippen LogP contribution is 2.34. The number of rotatable bonds is 6. The number of fused-ring (bicyclic) bond motifs is 2. The van der Waals surface area contributed by atoms with E-state index in [1.807, 2.05) is 13.0 Å². The van der Waals surface area contributed by atoms with Gasteiger partial charge in [-0.1, -0.05) is 6.07 Å². The molecule has 1 amide bonds. The van der Waals surface area contributed by atoms with Gasteiger partial charge in [0.1, 0.15) is 5.56 Å². The third-order valence-electron chi connectivity index (χ3n) is 4.58. The summed E-state index contributed by atoms with van der Waals surface area (Å²) < 4.78 is 21.5. The van der Waals surface area contributed by atoms with E-state index in [2.05, 4.69) is 10.3 Å². The normalized spacial score (nSPS) is 12.1. The Morgan fingerprint density at radius 2 is 2.00 bits per heavy atom. The fourth-order valence-corrected chi connectivity index (χ4v) is 3.18. The Hall–Kier alpha value is -3.68. The van der Waals surface area contributed by atoms with Crippen molar-refractivity contribution in [3.8, 4) is 23.0 Å². The van der Waals surface area contributed by atoms with Gasteiger partial charge in [0.05, 0.1) is 19.2 Å². The summed E-state index contributed by atoms with van der Waals surface area (Å²) in [6.07, 6.45) is 0. The van der Waals surface area contributed by atoms with Crippen LogP contribution in [-0.2, 0) is 6.54 Å². The van der Waals surface area contributed by atoms with E-state index in [9.17, 15) is 9.59 Å². The number of hydrogen-bond acceptors (Lipinski definition) is 6. The molecular weight excluding hydrogens is 376 g/mol. The Kier molecular flexibility index (Phi) is 4.99. The lowest BCUT2D eigenvalue weighted by atomic mass is 10.1. The molecule has 3 aromatic rings. The highest BCUT2D eigenvalue weighted by atomic mass is 16.7. The zero-order chi connectivity index (χ0) is 20.4. The first-order valence-electron chi connectivity index (χ1n) is 9.14. The van der Waals surface area contributed by atoms with Crippen molar-refractivity contribution in [2.45, 2.75) is 13.5 Å². The van der Waals surface area contributed by atoms with Crippen LogP contribution in [0, 0.1) is 0 Å². The summed E-state index contributed by atoms with van der Waals surface area (Å²) in [7, 11) is 1.53. The summed E-state index contributed by atoms with van der Waals surface area (Å²) in [5.41, 5.74) is 0.840. The Morgan fingerprint density at radius 1 is 1.17 bits per heavy atom. The molecule has 0 spiro atoms. The molecule has 8 heteroatoms. The van der Waals surface area contributed by atoms with Gasteiger partial charge in [-0.15, -0.1) is 0 Å². The van der Waals surface area contributed by atoms with Crippen LogP contribution < -0.4 is 29.8 Å². The van der Waals surface area contributed by atoms with Crippen molar-refractivity contribution in [3.63, 3.8) is 0 Å². The minimum Gasteiger partial charge on any atom is -0.493 e. The van der Waals surface area contributed by atoms with E-state index < -0.39 is 11.5 Å². The standard InChI is InChI=1S/C21H20N2O6/c1-3-27-19-16(26-2)7-5-13-9-14(21(25)23-18(13)19)20(24)22-10-12-4-6-15-17(8-12)29-11-28-15/h4-9H,3,10-11H2,1-2H3,(H,22,24)(H,23,25). The molecule has 0 bridgehead atoms. The smallest absolute Gasteiger partial charge is 0.261 e. The predicted molar refractivity (Wildman–Crippen MR) is 106 cm³/mol. The van der Waals surface area contributed by atoms with Crippen molar-refractivity contribution < 1.29 is 23.7 Å². The first-order chi connectivity index (χ1) is 14.1. The molecule has 2 heterocycles. The molecule has 0 radical (unpaired) electrons. The van der Waals surface area contributed by atoms with Crippen LogP contribution in [0.25, 0.3) is 10.9 Å². The van der Waals surface area contributed by atoms with Gasteiger partial charge in [0, 0.05) is 11.9 Å². The monoisotopic (exact) mass is 396 g/mol. The van der Waals surface area contributed by atoms with E-state index in [0.29, 0.717) is 40.5 Å². The maximum atomic E-state index is 12.6. The van der Waals surface area contributed by atoms with Gasteiger partial charge in [0.25, 0.3) is 11.5 Å². The van der Waals surface area contributed by atoms with E-state index in [1.54, 1.807) is 30.3 Å². The zero-order valence-corrected chi connectivity index (χ0v) is 16.0. The largest absolute Gasteiger partial charge is 0.493 e. The van der Waals surface area contributed by atoms with Crippen LogP contribution in [0.15, 0.2) is 41.2 Å². The quantitative estimate of drug-likeness (QED) is 0.665. The number of carbonyl (C=O) groups excluding carboxylic acids is 1. The molecule has 2 aromatic carbocycles. The number of carbonyl (C=O) groups is 1. The number of amides is 1. The number of hydrogen-bond donors (Lipinski definition) is 2. The van der Waals surface area contributed by atoms with Crippen LogP contribution in [0.2, 0.25) is 0 Å². The van der Waals surface area contributed by atoms with Gasteiger partial charge < -0.3 is 29.2 Å². The molecule has 0 saturated heterocycles. The highest BCUT2D eigenvalue weighted by molar-refractivity contribution is 5.98. The van der Waals surface area contributed by atoms with E-state index in [-0.39, 0.29) is 18.9 Å². The maximum absolute atomic E-state index is 12.6. The molecule has 1 aliphatic rings. The van der Waals surface area contributed by atoms with E-state index in [1.165, 1.54) is 7.11 Å². The molecule has 29 heavy (non-hydrogen) atoms. The van der Waals surface area contributed by atoms with Crippen LogP contribution in [0.5, 0.6) is 23.0 Å². The second-order valence-electron chi connectivity index (χ2n) is 6.38. The van der Waals surface area contributed by atoms with Gasteiger partial charge in [-0.2, -0.15) is 0 Å². The summed E-state index contributed by atoms with van der Waals surface area (Å²) in [5.74, 6) is 1.79. The Morgan fingerprint density at radius 3 is 2.79 bits per heavy atom. The molecule has 2 N–H and O–H groups in total. The maximum Gasteiger partial charge on any atom is 0.261 e. The van der Waals surface area contributed by atoms with Gasteiger partial charge in [-0.3, -0.25) is 9.59 Å². The number of methoxy groups -OCH3 is 1. The number of H-pyrrole nitrogens is 1. The van der Waals surface area contributed by atoms with Crippen molar-refractivity contribution in [3.05, 3.63) is 57.9 Å². The summed E-state index contributed by atoms with van der Waals surface area (Å²) in [6.45, 7) is 2.69. The van der Waals surface area contributed by atoms with E-state index in [0.717, 1.165) is 5.56 Å². The summed E-state index contributed by atoms with van der Waals surface area (Å²) in [6, 6.07) is 10.5. The Bertz CT molecular complexity index is 1140. The lowest BCUT2D eigenvalue weighted by Crippen LogP contribution is -2.29. The number of aromatic nitrogens is 1. The van der Waals surface area contributed by atoms with Crippen molar-refractivity contribution in [2.24, 2.45) is 0 Å². The van der Waals surface area contributed by atoms with E-state index >= 15 is 0 Å². The number of benzene rings is 2. The second-order valence-corrected chi connectivity index (χ2v) is 6.38. The van der Waals surface area contributed by atoms with E-state index in [4.69, 9.17) is 18.9 Å². The van der Waals surface area contributed by atoms with Gasteiger partial charge in [0.15, 0.2) is 23.0 Å². The van der Waals surface area contributed by atoms with Crippen molar-refractivity contribution in [1.82, 2.24) is 10.3 Å². The molecule has 0 unspecified atom stereocenters. The SMILES string of the molecule is CCOc1c(OC)ccc2cc(C(=O)NCc3ccc4c(c3)OCO4)c(=O)[nH]c12. The fourth-order valence-electron chi connectivity index (χ4n) is 3.18. The lowest BCUT2D eigenvalue weighted by Gasteiger charge is -2.13. The number of pyridine rings is 1. The Balaban J connectivity index is 1.59. The average molecular weight is 396 g/mol. The van der Waals surface area contributed by atoms with Gasteiger partial charge in [0.2, 0.25) is 6.79 Å². The zero-order valence-electron chi connectivity index (χ0n) is 16.0. The first kappa shape index (κ1) is 18.7. The molecule has 0 aliphatic carbocycles. The minimum absolute atomic E-state index is 0.0193.